The summed E-state index contributed by atoms with van der Waals surface area (Å²) < 4.78 is 0. The summed E-state index contributed by atoms with van der Waals surface area (Å²) in [5, 5.41) is 0. The summed E-state index contributed by atoms with van der Waals surface area (Å²) in [5.41, 5.74) is 4.14. The van der Waals surface area contributed by atoms with Crippen LogP contribution in [-0.2, 0) is 6.42 Å². The molecule has 0 bridgehead atoms. The lowest BCUT2D eigenvalue weighted by Gasteiger charge is -2.21. The van der Waals surface area contributed by atoms with Gasteiger partial charge in [-0.1, -0.05) is 49.7 Å². The molecular formula is C18H16O2. The summed E-state index contributed by atoms with van der Waals surface area (Å²) >= 11 is 0. The highest BCUT2D eigenvalue weighted by atomic mass is 16.1. The number of ketones is 2. The van der Waals surface area contributed by atoms with Gasteiger partial charge in [0.05, 0.1) is 0 Å². The average molecular weight is 264 g/mol. The van der Waals surface area contributed by atoms with Gasteiger partial charge in [-0.15, -0.1) is 0 Å². The van der Waals surface area contributed by atoms with Gasteiger partial charge < -0.3 is 0 Å². The van der Waals surface area contributed by atoms with Crippen molar-refractivity contribution in [2.24, 2.45) is 0 Å². The smallest absolute Gasteiger partial charge is 0.195 e. The predicted octanol–water partition coefficient (Wildman–Crippen LogP) is 3.72. The van der Waals surface area contributed by atoms with Crippen LogP contribution in [0.3, 0.4) is 0 Å². The Labute approximate surface area is 118 Å². The second-order valence-electron chi connectivity index (χ2n) is 5.25. The molecule has 0 N–H and O–H groups in total. The molecule has 0 spiro atoms. The molecule has 0 aromatic heterocycles. The topological polar surface area (TPSA) is 34.1 Å². The van der Waals surface area contributed by atoms with Gasteiger partial charge in [-0.2, -0.15) is 0 Å². The second kappa shape index (κ2) is 4.71. The van der Waals surface area contributed by atoms with Crippen LogP contribution in [0.5, 0.6) is 0 Å². The molecule has 0 radical (unpaired) electrons. The molecule has 0 aliphatic heterocycles. The first-order chi connectivity index (χ1) is 9.65. The number of fused-ring (bicyclic) bond motifs is 2. The molecule has 0 heterocycles. The van der Waals surface area contributed by atoms with E-state index in [1.165, 1.54) is 0 Å². The molecule has 0 saturated carbocycles. The first kappa shape index (κ1) is 12.8. The molecule has 100 valence electrons. The average Bonchev–Trinajstić information content (AvgIpc) is 2.45. The highest BCUT2D eigenvalue weighted by molar-refractivity contribution is 6.29. The van der Waals surface area contributed by atoms with Crippen molar-refractivity contribution in [1.82, 2.24) is 0 Å². The molecule has 0 saturated heterocycles. The Balaban J connectivity index is 2.30. The fraction of sp³-hybridized carbons (Fsp3) is 0.222. The fourth-order valence-corrected chi connectivity index (χ4v) is 2.96. The Morgan fingerprint density at radius 1 is 0.850 bits per heavy atom. The highest BCUT2D eigenvalue weighted by Crippen LogP contribution is 2.31. The first-order valence-corrected chi connectivity index (χ1v) is 6.96. The van der Waals surface area contributed by atoms with Crippen molar-refractivity contribution in [1.29, 1.82) is 0 Å². The minimum absolute atomic E-state index is 0.00301. The Morgan fingerprint density at radius 2 is 1.50 bits per heavy atom. The van der Waals surface area contributed by atoms with Crippen LogP contribution in [0.4, 0.5) is 0 Å². The van der Waals surface area contributed by atoms with Gasteiger partial charge in [-0.05, 0) is 24.5 Å². The molecule has 0 fully saturated rings. The maximum Gasteiger partial charge on any atom is 0.195 e. The molecular weight excluding hydrogens is 248 g/mol. The third kappa shape index (κ3) is 1.72. The molecule has 0 amide bonds. The monoisotopic (exact) mass is 264 g/mol. The molecule has 1 aliphatic rings. The van der Waals surface area contributed by atoms with Crippen molar-refractivity contribution in [3.8, 4) is 0 Å². The van der Waals surface area contributed by atoms with Crippen molar-refractivity contribution in [2.75, 3.05) is 0 Å². The third-order valence-electron chi connectivity index (χ3n) is 3.89. The maximum absolute atomic E-state index is 12.8. The van der Waals surface area contributed by atoms with Crippen molar-refractivity contribution in [2.45, 2.75) is 26.7 Å². The number of aryl methyl sites for hydroxylation is 2. The van der Waals surface area contributed by atoms with E-state index < -0.39 is 0 Å². The fourth-order valence-electron chi connectivity index (χ4n) is 2.96. The van der Waals surface area contributed by atoms with Crippen LogP contribution >= 0.6 is 0 Å². The van der Waals surface area contributed by atoms with Gasteiger partial charge in [0.1, 0.15) is 0 Å². The van der Waals surface area contributed by atoms with E-state index in [0.29, 0.717) is 22.3 Å². The van der Waals surface area contributed by atoms with Crippen molar-refractivity contribution in [3.63, 3.8) is 0 Å². The van der Waals surface area contributed by atoms with Gasteiger partial charge in [0.15, 0.2) is 11.6 Å². The van der Waals surface area contributed by atoms with Gasteiger partial charge in [0.25, 0.3) is 0 Å². The lowest BCUT2D eigenvalue weighted by Crippen LogP contribution is -2.23. The number of benzene rings is 2. The number of hydrogen-bond acceptors (Lipinski definition) is 2. The van der Waals surface area contributed by atoms with Gasteiger partial charge in [-0.3, -0.25) is 9.59 Å². The van der Waals surface area contributed by atoms with Crippen LogP contribution < -0.4 is 0 Å². The van der Waals surface area contributed by atoms with Crippen molar-refractivity contribution < 1.29 is 9.59 Å². The van der Waals surface area contributed by atoms with Crippen LogP contribution in [0.25, 0.3) is 0 Å². The summed E-state index contributed by atoms with van der Waals surface area (Å²) in [5.74, 6) is -0.0343. The minimum Gasteiger partial charge on any atom is -0.289 e. The summed E-state index contributed by atoms with van der Waals surface area (Å²) in [6, 6.07) is 11.1. The lowest BCUT2D eigenvalue weighted by molar-refractivity contribution is 0.0977. The van der Waals surface area contributed by atoms with E-state index in [0.717, 1.165) is 24.0 Å². The molecule has 2 heteroatoms. The van der Waals surface area contributed by atoms with Gasteiger partial charge in [-0.25, -0.2) is 0 Å². The number of carbonyl (C=O) groups is 2. The van der Waals surface area contributed by atoms with Crippen LogP contribution in [0, 0.1) is 6.92 Å². The van der Waals surface area contributed by atoms with E-state index in [4.69, 9.17) is 0 Å². The van der Waals surface area contributed by atoms with Crippen LogP contribution in [0.1, 0.15) is 56.3 Å². The number of rotatable bonds is 2. The molecule has 20 heavy (non-hydrogen) atoms. The molecule has 2 nitrogen and oxygen atoms in total. The number of hydrogen-bond donors (Lipinski definition) is 0. The molecule has 0 unspecified atom stereocenters. The zero-order chi connectivity index (χ0) is 14.3. The summed E-state index contributed by atoms with van der Waals surface area (Å²) in [4.78, 5) is 25.4. The van der Waals surface area contributed by atoms with E-state index in [1.807, 2.05) is 31.2 Å². The van der Waals surface area contributed by atoms with E-state index in [2.05, 4.69) is 6.92 Å². The SMILES string of the molecule is CCCc1cccc2c1C(=O)c1c(C)cccc1C2=O. The van der Waals surface area contributed by atoms with Crippen LogP contribution in [-0.4, -0.2) is 11.6 Å². The first-order valence-electron chi connectivity index (χ1n) is 6.96. The Kier molecular flexibility index (Phi) is 3.01. The largest absolute Gasteiger partial charge is 0.289 e. The normalized spacial score (nSPS) is 13.1. The standard InChI is InChI=1S/C18H16O2/c1-3-6-12-8-5-10-14-16(12)18(20)15-11(2)7-4-9-13(15)17(14)19/h4-5,7-10H,3,6H2,1-2H3. The van der Waals surface area contributed by atoms with Gasteiger partial charge in [0.2, 0.25) is 0 Å². The molecule has 2 aromatic carbocycles. The zero-order valence-corrected chi connectivity index (χ0v) is 11.7. The Hall–Kier alpha value is -2.22. The Morgan fingerprint density at radius 3 is 2.20 bits per heavy atom. The van der Waals surface area contributed by atoms with E-state index in [-0.39, 0.29) is 11.6 Å². The predicted molar refractivity (Wildman–Crippen MR) is 78.5 cm³/mol. The zero-order valence-electron chi connectivity index (χ0n) is 11.7. The summed E-state index contributed by atoms with van der Waals surface area (Å²) in [7, 11) is 0. The maximum atomic E-state index is 12.8. The lowest BCUT2D eigenvalue weighted by atomic mass is 9.79. The third-order valence-corrected chi connectivity index (χ3v) is 3.89. The molecule has 3 rings (SSSR count). The van der Waals surface area contributed by atoms with E-state index in [1.54, 1.807) is 12.1 Å². The minimum atomic E-state index is -0.0312. The molecule has 0 atom stereocenters. The van der Waals surface area contributed by atoms with Crippen molar-refractivity contribution in [3.05, 3.63) is 69.8 Å². The summed E-state index contributed by atoms with van der Waals surface area (Å²) in [6.07, 6.45) is 1.78. The van der Waals surface area contributed by atoms with Crippen LogP contribution in [0.15, 0.2) is 36.4 Å². The molecule has 2 aromatic rings. The van der Waals surface area contributed by atoms with Gasteiger partial charge in [0, 0.05) is 22.3 Å². The summed E-state index contributed by atoms with van der Waals surface area (Å²) in [6.45, 7) is 3.96. The van der Waals surface area contributed by atoms with Crippen LogP contribution in [0.2, 0.25) is 0 Å². The van der Waals surface area contributed by atoms with Crippen molar-refractivity contribution >= 4 is 11.6 Å². The highest BCUT2D eigenvalue weighted by Gasteiger charge is 2.31. The number of carbonyl (C=O) groups excluding carboxylic acids is 2. The van der Waals surface area contributed by atoms with E-state index >= 15 is 0 Å². The second-order valence-corrected chi connectivity index (χ2v) is 5.25. The van der Waals surface area contributed by atoms with E-state index in [9.17, 15) is 9.59 Å². The quantitative estimate of drug-likeness (QED) is 0.707. The van der Waals surface area contributed by atoms with Gasteiger partial charge >= 0.3 is 0 Å². The Bertz CT molecular complexity index is 726. The molecule has 1 aliphatic carbocycles.